The van der Waals surface area contributed by atoms with Crippen molar-refractivity contribution in [3.63, 3.8) is 0 Å². The van der Waals surface area contributed by atoms with Gasteiger partial charge in [0, 0.05) is 31.7 Å². The minimum Gasteiger partial charge on any atom is -0.380 e. The highest BCUT2D eigenvalue weighted by Crippen LogP contribution is 2.38. The van der Waals surface area contributed by atoms with E-state index in [0.29, 0.717) is 13.1 Å². The Bertz CT molecular complexity index is 359. The van der Waals surface area contributed by atoms with Crippen LogP contribution in [0.1, 0.15) is 33.6 Å². The van der Waals surface area contributed by atoms with E-state index in [1.54, 1.807) is 4.90 Å². The molecule has 5 nitrogen and oxygen atoms in total. The summed E-state index contributed by atoms with van der Waals surface area (Å²) in [5.74, 6) is 0. The molecule has 0 unspecified atom stereocenters. The fraction of sp³-hybridized carbons (Fsp3) is 0.923. The molecule has 1 saturated heterocycles. The summed E-state index contributed by atoms with van der Waals surface area (Å²) < 4.78 is 37.9. The van der Waals surface area contributed by atoms with Gasteiger partial charge in [-0.05, 0) is 33.6 Å². The molecule has 0 spiro atoms. The number of halogens is 3. The number of nitrogens with zero attached hydrogens (tertiary/aromatic N) is 1. The van der Waals surface area contributed by atoms with Crippen LogP contribution in [-0.4, -0.2) is 59.5 Å². The molecular weight excluding hydrogens is 287 g/mol. The van der Waals surface area contributed by atoms with Crippen molar-refractivity contribution in [1.82, 2.24) is 15.5 Å². The molecule has 0 aromatic rings. The number of nitrogens with one attached hydrogen (secondary N) is 2. The first kappa shape index (κ1) is 18.0. The Morgan fingerprint density at radius 1 is 1.24 bits per heavy atom. The first-order chi connectivity index (χ1) is 9.43. The highest BCUT2D eigenvalue weighted by atomic mass is 19.4. The highest BCUT2D eigenvalue weighted by Gasteiger charge is 2.54. The fourth-order valence-electron chi connectivity index (χ4n) is 2.14. The molecule has 1 fully saturated rings. The maximum atomic E-state index is 12.6. The average molecular weight is 311 g/mol. The van der Waals surface area contributed by atoms with Crippen molar-refractivity contribution in [3.8, 4) is 0 Å². The lowest BCUT2D eigenvalue weighted by atomic mass is 9.91. The van der Waals surface area contributed by atoms with E-state index in [2.05, 4.69) is 10.6 Å². The molecule has 124 valence electrons. The van der Waals surface area contributed by atoms with Crippen molar-refractivity contribution < 1.29 is 23.1 Å². The van der Waals surface area contributed by atoms with Crippen LogP contribution in [0.4, 0.5) is 18.0 Å². The van der Waals surface area contributed by atoms with Crippen molar-refractivity contribution in [1.29, 1.82) is 0 Å². The number of rotatable bonds is 3. The number of alkyl halides is 3. The second-order valence-electron chi connectivity index (χ2n) is 6.50. The highest BCUT2D eigenvalue weighted by molar-refractivity contribution is 5.74. The van der Waals surface area contributed by atoms with E-state index in [4.69, 9.17) is 0 Å². The lowest BCUT2D eigenvalue weighted by Gasteiger charge is -2.39. The van der Waals surface area contributed by atoms with Crippen LogP contribution < -0.4 is 10.6 Å². The maximum Gasteiger partial charge on any atom is 0.417 e. The number of likely N-dealkylation sites (tertiary alicyclic amines) is 1. The van der Waals surface area contributed by atoms with Crippen molar-refractivity contribution in [2.24, 2.45) is 0 Å². The lowest BCUT2D eigenvalue weighted by Crippen LogP contribution is -2.54. The van der Waals surface area contributed by atoms with Gasteiger partial charge in [0.2, 0.25) is 0 Å². The van der Waals surface area contributed by atoms with Crippen LogP contribution in [0.5, 0.6) is 0 Å². The third kappa shape index (κ3) is 5.70. The van der Waals surface area contributed by atoms with E-state index in [9.17, 15) is 23.1 Å². The van der Waals surface area contributed by atoms with E-state index in [1.807, 2.05) is 20.8 Å². The molecule has 3 N–H and O–H groups in total. The van der Waals surface area contributed by atoms with E-state index in [-0.39, 0.29) is 37.5 Å². The third-order valence-electron chi connectivity index (χ3n) is 3.41. The molecule has 21 heavy (non-hydrogen) atoms. The van der Waals surface area contributed by atoms with Crippen LogP contribution >= 0.6 is 0 Å². The number of amides is 2. The van der Waals surface area contributed by atoms with Gasteiger partial charge in [0.1, 0.15) is 0 Å². The predicted octanol–water partition coefficient (Wildman–Crippen LogP) is 1.47. The Labute approximate surface area is 122 Å². The van der Waals surface area contributed by atoms with Gasteiger partial charge < -0.3 is 20.6 Å². The van der Waals surface area contributed by atoms with E-state index in [0.717, 1.165) is 0 Å². The van der Waals surface area contributed by atoms with Crippen LogP contribution in [0.15, 0.2) is 0 Å². The van der Waals surface area contributed by atoms with Gasteiger partial charge in [0.25, 0.3) is 0 Å². The van der Waals surface area contributed by atoms with Crippen molar-refractivity contribution in [2.75, 3.05) is 26.2 Å². The lowest BCUT2D eigenvalue weighted by molar-refractivity contribution is -0.272. The zero-order valence-corrected chi connectivity index (χ0v) is 12.7. The summed E-state index contributed by atoms with van der Waals surface area (Å²) in [5, 5.41) is 14.9. The molecular formula is C13H24F3N3O2. The molecule has 0 saturated carbocycles. The Morgan fingerprint density at radius 2 is 1.76 bits per heavy atom. The summed E-state index contributed by atoms with van der Waals surface area (Å²) in [7, 11) is 0. The number of carbonyl (C=O) groups excluding carboxylic acids is 1. The summed E-state index contributed by atoms with van der Waals surface area (Å²) in [6.07, 6.45) is -5.24. The van der Waals surface area contributed by atoms with Gasteiger partial charge in [-0.25, -0.2) is 4.79 Å². The topological polar surface area (TPSA) is 64.6 Å². The van der Waals surface area contributed by atoms with Gasteiger partial charge in [-0.3, -0.25) is 0 Å². The number of hydrogen-bond donors (Lipinski definition) is 3. The minimum atomic E-state index is -4.58. The summed E-state index contributed by atoms with van der Waals surface area (Å²) in [4.78, 5) is 13.3. The second-order valence-corrected chi connectivity index (χ2v) is 6.50. The van der Waals surface area contributed by atoms with Crippen LogP contribution in [0, 0.1) is 0 Å². The van der Waals surface area contributed by atoms with Crippen molar-refractivity contribution >= 4 is 6.03 Å². The SMILES string of the molecule is CC(C)(C)NC(=O)NCCN1CCC(O)(C(F)(F)F)CC1. The largest absolute Gasteiger partial charge is 0.417 e. The van der Waals surface area contributed by atoms with Crippen LogP contribution in [-0.2, 0) is 0 Å². The van der Waals surface area contributed by atoms with Crippen LogP contribution in [0.2, 0.25) is 0 Å². The number of carbonyl (C=O) groups is 1. The van der Waals surface area contributed by atoms with Crippen molar-refractivity contribution in [2.45, 2.75) is 50.9 Å². The molecule has 1 rings (SSSR count). The first-order valence-electron chi connectivity index (χ1n) is 7.00. The summed E-state index contributed by atoms with van der Waals surface area (Å²) in [6, 6.07) is -0.300. The molecule has 2 amide bonds. The molecule has 0 aromatic heterocycles. The molecule has 8 heteroatoms. The predicted molar refractivity (Wildman–Crippen MR) is 73.0 cm³/mol. The van der Waals surface area contributed by atoms with Crippen LogP contribution in [0.25, 0.3) is 0 Å². The number of urea groups is 1. The summed E-state index contributed by atoms with van der Waals surface area (Å²) >= 11 is 0. The second kappa shape index (κ2) is 6.39. The summed E-state index contributed by atoms with van der Waals surface area (Å²) in [5.41, 5.74) is -2.90. The molecule has 0 bridgehead atoms. The number of hydrogen-bond acceptors (Lipinski definition) is 3. The Kier molecular flexibility index (Phi) is 5.49. The van der Waals surface area contributed by atoms with Crippen molar-refractivity contribution in [3.05, 3.63) is 0 Å². The third-order valence-corrected chi connectivity index (χ3v) is 3.41. The van der Waals surface area contributed by atoms with Gasteiger partial charge in [0.05, 0.1) is 0 Å². The first-order valence-corrected chi connectivity index (χ1v) is 7.00. The number of aliphatic hydroxyl groups is 1. The van der Waals surface area contributed by atoms with E-state index >= 15 is 0 Å². The van der Waals surface area contributed by atoms with Gasteiger partial charge in [-0.1, -0.05) is 0 Å². The molecule has 0 aromatic carbocycles. The Balaban J connectivity index is 2.27. The monoisotopic (exact) mass is 311 g/mol. The quantitative estimate of drug-likeness (QED) is 0.739. The number of piperidine rings is 1. The standard InChI is InChI=1S/C13H24F3N3O2/c1-11(2,3)18-10(20)17-6-9-19-7-4-12(21,5-8-19)13(14,15)16/h21H,4-9H2,1-3H3,(H2,17,18,20). The molecule has 0 radical (unpaired) electrons. The Hall–Kier alpha value is -1.02. The zero-order chi connectivity index (χ0) is 16.3. The zero-order valence-electron chi connectivity index (χ0n) is 12.7. The molecule has 0 atom stereocenters. The van der Waals surface area contributed by atoms with Crippen LogP contribution in [0.3, 0.4) is 0 Å². The minimum absolute atomic E-state index is 0.165. The van der Waals surface area contributed by atoms with E-state index in [1.165, 1.54) is 0 Å². The molecule has 1 heterocycles. The normalized spacial score (nSPS) is 20.1. The van der Waals surface area contributed by atoms with Gasteiger partial charge in [-0.15, -0.1) is 0 Å². The van der Waals surface area contributed by atoms with Gasteiger partial charge >= 0.3 is 12.2 Å². The summed E-state index contributed by atoms with van der Waals surface area (Å²) in [6.45, 7) is 6.72. The smallest absolute Gasteiger partial charge is 0.380 e. The molecule has 1 aliphatic rings. The average Bonchev–Trinajstić information content (AvgIpc) is 2.28. The maximum absolute atomic E-state index is 12.6. The van der Waals surface area contributed by atoms with Gasteiger partial charge in [-0.2, -0.15) is 13.2 Å². The molecule has 1 aliphatic heterocycles. The Morgan fingerprint density at radius 3 is 2.19 bits per heavy atom. The van der Waals surface area contributed by atoms with Gasteiger partial charge in [0.15, 0.2) is 5.60 Å². The fourth-order valence-corrected chi connectivity index (χ4v) is 2.14. The molecule has 0 aliphatic carbocycles. The van der Waals surface area contributed by atoms with E-state index < -0.39 is 11.8 Å².